The molecule has 1 spiro atoms. The molecule has 1 aromatic heterocycles. The van der Waals surface area contributed by atoms with Gasteiger partial charge in [0.1, 0.15) is 18.2 Å². The van der Waals surface area contributed by atoms with Gasteiger partial charge in [-0.2, -0.15) is 0 Å². The lowest BCUT2D eigenvalue weighted by molar-refractivity contribution is -0.155. The van der Waals surface area contributed by atoms with Crippen molar-refractivity contribution in [2.24, 2.45) is 11.8 Å². The van der Waals surface area contributed by atoms with Crippen LogP contribution in [0.15, 0.2) is 49.6 Å². The van der Waals surface area contributed by atoms with Crippen LogP contribution in [0.5, 0.6) is 0 Å². The molecular weight excluding hydrogens is 554 g/mol. The van der Waals surface area contributed by atoms with E-state index >= 15 is 0 Å². The molecule has 2 bridgehead atoms. The highest BCUT2D eigenvalue weighted by molar-refractivity contribution is 8.02. The first-order valence-corrected chi connectivity index (χ1v) is 15.7. The molecule has 0 radical (unpaired) electrons. The van der Waals surface area contributed by atoms with Crippen LogP contribution in [0.1, 0.15) is 51.9 Å². The Morgan fingerprint density at radius 2 is 2.00 bits per heavy atom. The highest BCUT2D eigenvalue weighted by atomic mass is 32.2. The van der Waals surface area contributed by atoms with Crippen LogP contribution < -0.4 is 0 Å². The van der Waals surface area contributed by atoms with Crippen molar-refractivity contribution in [3.05, 3.63) is 49.6 Å². The third-order valence-corrected chi connectivity index (χ3v) is 11.0. The summed E-state index contributed by atoms with van der Waals surface area (Å²) in [6.07, 6.45) is 8.32. The number of amides is 2. The molecule has 226 valence electrons. The fraction of sp³-hybridized carbons (Fsp3) is 0.581. The lowest BCUT2D eigenvalue weighted by Gasteiger charge is -2.37. The predicted octanol–water partition coefficient (Wildman–Crippen LogP) is 3.56. The Balaban J connectivity index is 1.47. The summed E-state index contributed by atoms with van der Waals surface area (Å²) in [5.74, 6) is -1.91. The highest BCUT2D eigenvalue weighted by Gasteiger charge is 2.77. The normalized spacial score (nSPS) is 27.8. The van der Waals surface area contributed by atoms with Crippen LogP contribution in [0, 0.1) is 11.8 Å². The monoisotopic (exact) mass is 595 g/mol. The van der Waals surface area contributed by atoms with Crippen molar-refractivity contribution in [1.82, 2.24) is 24.8 Å². The minimum atomic E-state index is -0.732. The van der Waals surface area contributed by atoms with E-state index in [1.54, 1.807) is 38.4 Å². The maximum Gasteiger partial charge on any atom is 0.311 e. The van der Waals surface area contributed by atoms with Gasteiger partial charge < -0.3 is 19.6 Å². The van der Waals surface area contributed by atoms with Crippen molar-refractivity contribution in [3.8, 4) is 0 Å². The molecule has 0 aliphatic carbocycles. The van der Waals surface area contributed by atoms with Gasteiger partial charge in [-0.1, -0.05) is 29.5 Å². The van der Waals surface area contributed by atoms with Gasteiger partial charge in [0, 0.05) is 24.4 Å². The molecule has 4 heterocycles. The number of aromatic nitrogens is 3. The number of para-hydroxylation sites is 1. The Bertz CT molecular complexity index is 1350. The summed E-state index contributed by atoms with van der Waals surface area (Å²) in [5, 5.41) is 17.8. The first kappa shape index (κ1) is 30.3. The van der Waals surface area contributed by atoms with E-state index in [-0.39, 0.29) is 44.2 Å². The number of unbranched alkanes of at least 4 members (excludes halogenated alkanes) is 3. The standard InChI is InChI=1S/C31H41N5O5S/c1-4-6-12-20-41-29(40)25-24-27(38)35(18-10-7-11-19-37)26(31(24)16-15-30(25,3)42-31)28(39)34(17-5-2)21-36-23-14-9-8-13-22(23)32-33-36/h4-5,8-9,13-14,24-26,37H,1-2,6-7,10-12,15-21H2,3H3/t24-,25+,26?,30-,31?/m0/s1. The third kappa shape index (κ3) is 5.25. The van der Waals surface area contributed by atoms with Crippen LogP contribution in [-0.4, -0.2) is 89.5 Å². The molecule has 1 N–H and O–H groups in total. The number of esters is 1. The number of ether oxygens (including phenoxy) is 1. The zero-order valence-electron chi connectivity index (χ0n) is 24.3. The summed E-state index contributed by atoms with van der Waals surface area (Å²) in [5.41, 5.74) is 1.54. The second kappa shape index (κ2) is 12.6. The summed E-state index contributed by atoms with van der Waals surface area (Å²) >= 11 is 1.64. The summed E-state index contributed by atoms with van der Waals surface area (Å²) in [7, 11) is 0. The van der Waals surface area contributed by atoms with Crippen LogP contribution in [0.3, 0.4) is 0 Å². The number of rotatable bonds is 15. The number of nitrogens with zero attached hydrogens (tertiary/aromatic N) is 5. The molecule has 3 fully saturated rings. The van der Waals surface area contributed by atoms with Gasteiger partial charge in [0.2, 0.25) is 11.8 Å². The molecule has 3 saturated heterocycles. The van der Waals surface area contributed by atoms with Gasteiger partial charge in [0.25, 0.3) is 0 Å². The first-order chi connectivity index (χ1) is 20.3. The van der Waals surface area contributed by atoms with Gasteiger partial charge in [0.15, 0.2) is 0 Å². The average Bonchev–Trinajstić information content (AvgIpc) is 3.68. The van der Waals surface area contributed by atoms with Gasteiger partial charge >= 0.3 is 5.97 Å². The van der Waals surface area contributed by atoms with E-state index < -0.39 is 27.4 Å². The number of aliphatic hydroxyl groups excluding tert-OH is 1. The van der Waals surface area contributed by atoms with Gasteiger partial charge in [0.05, 0.1) is 28.7 Å². The van der Waals surface area contributed by atoms with E-state index in [1.165, 1.54) is 0 Å². The van der Waals surface area contributed by atoms with Crippen molar-refractivity contribution in [1.29, 1.82) is 0 Å². The van der Waals surface area contributed by atoms with Crippen LogP contribution >= 0.6 is 11.8 Å². The number of aliphatic hydroxyl groups is 1. The van der Waals surface area contributed by atoms with Crippen LogP contribution in [0.25, 0.3) is 11.0 Å². The molecule has 2 aromatic rings. The van der Waals surface area contributed by atoms with E-state index in [0.717, 1.165) is 30.3 Å². The van der Waals surface area contributed by atoms with Crippen LogP contribution in [0.2, 0.25) is 0 Å². The molecule has 3 aliphatic rings. The number of carbonyl (C=O) groups is 3. The fourth-order valence-electron chi connectivity index (χ4n) is 7.09. The van der Waals surface area contributed by atoms with Gasteiger partial charge in [-0.15, -0.1) is 30.0 Å². The first-order valence-electron chi connectivity index (χ1n) is 14.9. The maximum absolute atomic E-state index is 14.6. The van der Waals surface area contributed by atoms with E-state index in [9.17, 15) is 19.5 Å². The van der Waals surface area contributed by atoms with Crippen molar-refractivity contribution >= 4 is 40.6 Å². The molecule has 1 aromatic carbocycles. The van der Waals surface area contributed by atoms with Gasteiger partial charge in [-0.05, 0) is 64.0 Å². The Kier molecular flexibility index (Phi) is 9.08. The molecule has 5 atom stereocenters. The lowest BCUT2D eigenvalue weighted by Crippen LogP contribution is -2.55. The molecular formula is C31H41N5O5S. The summed E-state index contributed by atoms with van der Waals surface area (Å²) in [6.45, 7) is 10.8. The molecule has 2 amide bonds. The number of allylic oxidation sites excluding steroid dienone is 1. The van der Waals surface area contributed by atoms with Crippen molar-refractivity contribution in [3.63, 3.8) is 0 Å². The fourth-order valence-corrected chi connectivity index (χ4v) is 9.43. The second-order valence-electron chi connectivity index (χ2n) is 11.7. The van der Waals surface area contributed by atoms with Gasteiger partial charge in [-0.25, -0.2) is 4.68 Å². The SMILES string of the molecule is C=CCCCOC(=O)[C@H]1[C@H]2C(=O)N(CCCCCO)C(C(=O)N(CC=C)Cn3nnc4ccccc43)C23CC[C@]1(C)S3. The van der Waals surface area contributed by atoms with Crippen LogP contribution in [-0.2, 0) is 25.8 Å². The molecule has 2 unspecified atom stereocenters. The minimum Gasteiger partial charge on any atom is -0.465 e. The molecule has 10 nitrogen and oxygen atoms in total. The smallest absolute Gasteiger partial charge is 0.311 e. The number of hydrogen-bond donors (Lipinski definition) is 1. The molecule has 5 rings (SSSR count). The number of fused-ring (bicyclic) bond motifs is 2. The highest BCUT2D eigenvalue weighted by Crippen LogP contribution is 2.71. The van der Waals surface area contributed by atoms with Gasteiger partial charge in [-0.3, -0.25) is 14.4 Å². The number of likely N-dealkylation sites (tertiary alicyclic amines) is 1. The van der Waals surface area contributed by atoms with E-state index in [2.05, 4.69) is 23.5 Å². The number of hydrogen-bond acceptors (Lipinski definition) is 8. The Morgan fingerprint density at radius 1 is 1.19 bits per heavy atom. The summed E-state index contributed by atoms with van der Waals surface area (Å²) in [6, 6.07) is 6.84. The van der Waals surface area contributed by atoms with Crippen molar-refractivity contribution < 1.29 is 24.2 Å². The zero-order valence-corrected chi connectivity index (χ0v) is 25.1. The number of thioether (sulfide) groups is 1. The average molecular weight is 596 g/mol. The molecule has 0 saturated carbocycles. The summed E-state index contributed by atoms with van der Waals surface area (Å²) in [4.78, 5) is 45.9. The Labute approximate surface area is 251 Å². The number of carbonyl (C=O) groups excluding carboxylic acids is 3. The Morgan fingerprint density at radius 3 is 2.76 bits per heavy atom. The van der Waals surface area contributed by atoms with E-state index in [0.29, 0.717) is 32.2 Å². The lowest BCUT2D eigenvalue weighted by atomic mass is 9.66. The quantitative estimate of drug-likeness (QED) is 0.189. The van der Waals surface area contributed by atoms with Crippen LogP contribution in [0.4, 0.5) is 0 Å². The maximum atomic E-state index is 14.6. The van der Waals surface area contributed by atoms with E-state index in [4.69, 9.17) is 4.74 Å². The van der Waals surface area contributed by atoms with Crippen molar-refractivity contribution in [2.45, 2.75) is 74.1 Å². The number of benzene rings is 1. The molecule has 3 aliphatic heterocycles. The van der Waals surface area contributed by atoms with E-state index in [1.807, 2.05) is 31.2 Å². The Hall–Kier alpha value is -3.18. The zero-order chi connectivity index (χ0) is 29.9. The summed E-state index contributed by atoms with van der Waals surface area (Å²) < 4.78 is 6.20. The molecule has 42 heavy (non-hydrogen) atoms. The molecule has 11 heteroatoms. The largest absolute Gasteiger partial charge is 0.465 e. The minimum absolute atomic E-state index is 0.0792. The second-order valence-corrected chi connectivity index (χ2v) is 13.6. The topological polar surface area (TPSA) is 118 Å². The third-order valence-electron chi connectivity index (χ3n) is 9.00. The predicted molar refractivity (Wildman–Crippen MR) is 161 cm³/mol. The van der Waals surface area contributed by atoms with Crippen molar-refractivity contribution in [2.75, 3.05) is 26.3 Å².